The van der Waals surface area contributed by atoms with Gasteiger partial charge >= 0.3 is 0 Å². The molecule has 80 valence electrons. The van der Waals surface area contributed by atoms with E-state index in [-0.39, 0.29) is 0 Å². The molecule has 3 rings (SSSR count). The number of hydrogen-bond donors (Lipinski definition) is 0. The fraction of sp³-hybridized carbons (Fsp3) is 0.600. The topological polar surface area (TPSA) is 0 Å². The first-order chi connectivity index (χ1) is 7.33. The first-order valence-corrected chi connectivity index (χ1v) is 6.39. The fourth-order valence-corrected chi connectivity index (χ4v) is 3.60. The lowest BCUT2D eigenvalue weighted by atomic mass is 9.66. The van der Waals surface area contributed by atoms with E-state index in [1.165, 1.54) is 32.1 Å². The van der Waals surface area contributed by atoms with E-state index in [1.54, 1.807) is 11.1 Å². The molecular formula is C15H20. The molecule has 1 saturated carbocycles. The second-order valence-electron chi connectivity index (χ2n) is 5.62. The third-order valence-corrected chi connectivity index (χ3v) is 4.48. The zero-order chi connectivity index (χ0) is 10.3. The molecule has 3 atom stereocenters. The van der Waals surface area contributed by atoms with Crippen LogP contribution in [0.1, 0.15) is 37.3 Å². The van der Waals surface area contributed by atoms with Gasteiger partial charge in [0, 0.05) is 0 Å². The van der Waals surface area contributed by atoms with Gasteiger partial charge in [-0.2, -0.15) is 0 Å². The summed E-state index contributed by atoms with van der Waals surface area (Å²) in [7, 11) is 0. The first kappa shape index (κ1) is 9.45. The molecule has 0 aromatic heterocycles. The Morgan fingerprint density at radius 1 is 0.933 bits per heavy atom. The standard InChI is InChI=1S/C15H20/c1-11-6-7-14-9-12-4-2-3-5-13(12)10-15(14)8-11/h2-5,11,14-15H,6-10H2,1H3. The van der Waals surface area contributed by atoms with Crippen LogP contribution in [0.25, 0.3) is 0 Å². The highest BCUT2D eigenvalue weighted by Gasteiger charge is 2.32. The second kappa shape index (κ2) is 3.66. The van der Waals surface area contributed by atoms with Crippen molar-refractivity contribution in [2.24, 2.45) is 17.8 Å². The predicted molar refractivity (Wildman–Crippen MR) is 63.8 cm³/mol. The van der Waals surface area contributed by atoms with Crippen molar-refractivity contribution in [3.8, 4) is 0 Å². The summed E-state index contributed by atoms with van der Waals surface area (Å²) in [5.74, 6) is 2.95. The van der Waals surface area contributed by atoms with Gasteiger partial charge in [0.2, 0.25) is 0 Å². The molecule has 0 bridgehead atoms. The Hall–Kier alpha value is -0.780. The molecule has 0 aliphatic heterocycles. The highest BCUT2D eigenvalue weighted by atomic mass is 14.4. The van der Waals surface area contributed by atoms with E-state index in [0.29, 0.717) is 0 Å². The van der Waals surface area contributed by atoms with Crippen molar-refractivity contribution < 1.29 is 0 Å². The second-order valence-corrected chi connectivity index (χ2v) is 5.62. The van der Waals surface area contributed by atoms with Gasteiger partial charge < -0.3 is 0 Å². The number of benzene rings is 1. The highest BCUT2D eigenvalue weighted by Crippen LogP contribution is 2.41. The third kappa shape index (κ3) is 1.71. The largest absolute Gasteiger partial charge is 0.0625 e. The maximum absolute atomic E-state index is 2.43. The zero-order valence-electron chi connectivity index (χ0n) is 9.58. The van der Waals surface area contributed by atoms with Gasteiger partial charge in [-0.15, -0.1) is 0 Å². The molecule has 0 heteroatoms. The Bertz CT molecular complexity index is 353. The molecule has 0 radical (unpaired) electrons. The van der Waals surface area contributed by atoms with E-state index in [4.69, 9.17) is 0 Å². The molecule has 2 aliphatic carbocycles. The van der Waals surface area contributed by atoms with Crippen molar-refractivity contribution in [1.29, 1.82) is 0 Å². The van der Waals surface area contributed by atoms with Crippen LogP contribution in [0.5, 0.6) is 0 Å². The summed E-state index contributed by atoms with van der Waals surface area (Å²) >= 11 is 0. The van der Waals surface area contributed by atoms with Gasteiger partial charge in [-0.3, -0.25) is 0 Å². The van der Waals surface area contributed by atoms with Gasteiger partial charge in [0.15, 0.2) is 0 Å². The van der Waals surface area contributed by atoms with Crippen LogP contribution in [-0.2, 0) is 12.8 Å². The minimum absolute atomic E-state index is 0.969. The molecule has 0 heterocycles. The molecular weight excluding hydrogens is 180 g/mol. The number of hydrogen-bond acceptors (Lipinski definition) is 0. The molecule has 1 aromatic rings. The number of rotatable bonds is 0. The van der Waals surface area contributed by atoms with Gasteiger partial charge in [0.1, 0.15) is 0 Å². The lowest BCUT2D eigenvalue weighted by molar-refractivity contribution is 0.176. The first-order valence-electron chi connectivity index (χ1n) is 6.39. The zero-order valence-corrected chi connectivity index (χ0v) is 9.58. The van der Waals surface area contributed by atoms with Crippen LogP contribution < -0.4 is 0 Å². The predicted octanol–water partition coefficient (Wildman–Crippen LogP) is 3.84. The van der Waals surface area contributed by atoms with Crippen LogP contribution in [0, 0.1) is 17.8 Å². The molecule has 0 amide bonds. The van der Waals surface area contributed by atoms with Crippen LogP contribution in [0.4, 0.5) is 0 Å². The molecule has 15 heavy (non-hydrogen) atoms. The van der Waals surface area contributed by atoms with Crippen LogP contribution in [-0.4, -0.2) is 0 Å². The minimum atomic E-state index is 0.969. The summed E-state index contributed by atoms with van der Waals surface area (Å²) in [6.07, 6.45) is 7.11. The van der Waals surface area contributed by atoms with Crippen molar-refractivity contribution >= 4 is 0 Å². The smallest absolute Gasteiger partial charge is 0.0245 e. The van der Waals surface area contributed by atoms with Crippen LogP contribution >= 0.6 is 0 Å². The summed E-state index contributed by atoms with van der Waals surface area (Å²) < 4.78 is 0. The molecule has 3 unspecified atom stereocenters. The average molecular weight is 200 g/mol. The van der Waals surface area contributed by atoms with Crippen LogP contribution in [0.2, 0.25) is 0 Å². The van der Waals surface area contributed by atoms with Crippen LogP contribution in [0.3, 0.4) is 0 Å². The lowest BCUT2D eigenvalue weighted by Crippen LogP contribution is -2.30. The quantitative estimate of drug-likeness (QED) is 0.597. The minimum Gasteiger partial charge on any atom is -0.0625 e. The van der Waals surface area contributed by atoms with E-state index in [0.717, 1.165) is 17.8 Å². The number of fused-ring (bicyclic) bond motifs is 2. The van der Waals surface area contributed by atoms with Gasteiger partial charge in [-0.25, -0.2) is 0 Å². The van der Waals surface area contributed by atoms with E-state index < -0.39 is 0 Å². The van der Waals surface area contributed by atoms with Crippen molar-refractivity contribution in [3.05, 3.63) is 35.4 Å². The van der Waals surface area contributed by atoms with E-state index in [2.05, 4.69) is 31.2 Å². The lowest BCUT2D eigenvalue weighted by Gasteiger charge is -2.39. The Morgan fingerprint density at radius 3 is 2.33 bits per heavy atom. The van der Waals surface area contributed by atoms with Gasteiger partial charge in [0.25, 0.3) is 0 Å². The molecule has 0 saturated heterocycles. The van der Waals surface area contributed by atoms with E-state index in [1.807, 2.05) is 0 Å². The monoisotopic (exact) mass is 200 g/mol. The van der Waals surface area contributed by atoms with Crippen molar-refractivity contribution in [2.75, 3.05) is 0 Å². The molecule has 0 nitrogen and oxygen atoms in total. The molecule has 0 spiro atoms. The Morgan fingerprint density at radius 2 is 1.60 bits per heavy atom. The maximum Gasteiger partial charge on any atom is -0.0245 e. The maximum atomic E-state index is 2.43. The normalized spacial score (nSPS) is 34.3. The average Bonchev–Trinajstić information content (AvgIpc) is 2.26. The van der Waals surface area contributed by atoms with Crippen molar-refractivity contribution in [3.63, 3.8) is 0 Å². The van der Waals surface area contributed by atoms with Gasteiger partial charge in [0.05, 0.1) is 0 Å². The summed E-state index contributed by atoms with van der Waals surface area (Å²) in [5, 5.41) is 0. The Balaban J connectivity index is 1.87. The molecule has 0 N–H and O–H groups in total. The molecule has 1 aromatic carbocycles. The van der Waals surface area contributed by atoms with Crippen molar-refractivity contribution in [1.82, 2.24) is 0 Å². The summed E-state index contributed by atoms with van der Waals surface area (Å²) in [6, 6.07) is 9.07. The van der Waals surface area contributed by atoms with Crippen molar-refractivity contribution in [2.45, 2.75) is 39.0 Å². The van der Waals surface area contributed by atoms with E-state index >= 15 is 0 Å². The fourth-order valence-electron chi connectivity index (χ4n) is 3.60. The van der Waals surface area contributed by atoms with Gasteiger partial charge in [-0.05, 0) is 54.6 Å². The third-order valence-electron chi connectivity index (χ3n) is 4.48. The summed E-state index contributed by atoms with van der Waals surface area (Å²) in [5.41, 5.74) is 3.26. The molecule has 1 fully saturated rings. The summed E-state index contributed by atoms with van der Waals surface area (Å²) in [4.78, 5) is 0. The SMILES string of the molecule is CC1CCC2Cc3ccccc3CC2C1. The Labute approximate surface area is 92.7 Å². The Kier molecular flexibility index (Phi) is 2.31. The molecule has 2 aliphatic rings. The van der Waals surface area contributed by atoms with Crippen LogP contribution in [0.15, 0.2) is 24.3 Å². The van der Waals surface area contributed by atoms with Gasteiger partial charge in [-0.1, -0.05) is 37.6 Å². The highest BCUT2D eigenvalue weighted by molar-refractivity contribution is 5.30. The van der Waals surface area contributed by atoms with E-state index in [9.17, 15) is 0 Å². The summed E-state index contributed by atoms with van der Waals surface area (Å²) in [6.45, 7) is 2.43.